The second-order valence-electron chi connectivity index (χ2n) is 7.16. The summed E-state index contributed by atoms with van der Waals surface area (Å²) in [6.07, 6.45) is 3.94. The number of thioether (sulfide) groups is 1. The summed E-state index contributed by atoms with van der Waals surface area (Å²) in [5.74, 6) is 4.56. The largest absolute Gasteiger partial charge is 0.357 e. The van der Waals surface area contributed by atoms with Crippen molar-refractivity contribution in [1.29, 1.82) is 0 Å². The Morgan fingerprint density at radius 3 is 2.88 bits per heavy atom. The van der Waals surface area contributed by atoms with Gasteiger partial charge in [0.05, 0.1) is 0 Å². The first kappa shape index (κ1) is 19.2. The van der Waals surface area contributed by atoms with Crippen LogP contribution in [0.25, 0.3) is 0 Å². The Morgan fingerprint density at radius 2 is 2.21 bits per heavy atom. The summed E-state index contributed by atoms with van der Waals surface area (Å²) in [5, 5.41) is 4.15. The SMILES string of the molecule is CCNC(=NCc1nccn1CC(C)C)N1CCSC(C(C)C)C1. The van der Waals surface area contributed by atoms with Gasteiger partial charge in [-0.15, -0.1) is 0 Å². The molecule has 1 fully saturated rings. The van der Waals surface area contributed by atoms with Gasteiger partial charge in [-0.3, -0.25) is 0 Å². The molecule has 1 aromatic heterocycles. The molecule has 1 unspecified atom stereocenters. The van der Waals surface area contributed by atoms with Crippen LogP contribution in [0.2, 0.25) is 0 Å². The van der Waals surface area contributed by atoms with Gasteiger partial charge in [0, 0.05) is 49.6 Å². The third-order valence-electron chi connectivity index (χ3n) is 4.21. The first-order chi connectivity index (χ1) is 11.5. The molecule has 0 spiro atoms. The molecule has 1 aliphatic rings. The number of aliphatic imine (C=N–C) groups is 1. The molecule has 0 amide bonds. The molecule has 0 saturated carbocycles. The number of hydrogen-bond acceptors (Lipinski definition) is 3. The van der Waals surface area contributed by atoms with Crippen molar-refractivity contribution in [2.24, 2.45) is 16.8 Å². The van der Waals surface area contributed by atoms with Crippen molar-refractivity contribution in [3.05, 3.63) is 18.2 Å². The van der Waals surface area contributed by atoms with E-state index in [0.29, 0.717) is 23.6 Å². The molecule has 2 heterocycles. The molecule has 1 saturated heterocycles. The summed E-state index contributed by atoms with van der Waals surface area (Å²) >= 11 is 2.09. The van der Waals surface area contributed by atoms with E-state index >= 15 is 0 Å². The van der Waals surface area contributed by atoms with Crippen LogP contribution in [-0.2, 0) is 13.1 Å². The van der Waals surface area contributed by atoms with E-state index in [9.17, 15) is 0 Å². The van der Waals surface area contributed by atoms with Crippen molar-refractivity contribution < 1.29 is 0 Å². The van der Waals surface area contributed by atoms with Crippen molar-refractivity contribution in [2.75, 3.05) is 25.4 Å². The highest BCUT2D eigenvalue weighted by atomic mass is 32.2. The van der Waals surface area contributed by atoms with Gasteiger partial charge in [-0.05, 0) is 18.8 Å². The number of rotatable bonds is 6. The number of nitrogens with zero attached hydrogens (tertiary/aromatic N) is 4. The molecule has 0 radical (unpaired) electrons. The van der Waals surface area contributed by atoms with Crippen LogP contribution in [0.15, 0.2) is 17.4 Å². The van der Waals surface area contributed by atoms with Crippen LogP contribution in [0.1, 0.15) is 40.4 Å². The summed E-state index contributed by atoms with van der Waals surface area (Å²) in [5.41, 5.74) is 0. The first-order valence-electron chi connectivity index (χ1n) is 9.16. The molecular weight excluding hydrogens is 318 g/mol. The van der Waals surface area contributed by atoms with Gasteiger partial charge in [-0.1, -0.05) is 27.7 Å². The Balaban J connectivity index is 2.06. The van der Waals surface area contributed by atoms with E-state index in [0.717, 1.165) is 38.0 Å². The first-order valence-corrected chi connectivity index (χ1v) is 10.2. The van der Waals surface area contributed by atoms with Crippen molar-refractivity contribution in [1.82, 2.24) is 19.8 Å². The molecule has 0 bridgehead atoms. The Morgan fingerprint density at radius 1 is 1.42 bits per heavy atom. The predicted molar refractivity (Wildman–Crippen MR) is 105 cm³/mol. The third-order valence-corrected chi connectivity index (χ3v) is 5.75. The quantitative estimate of drug-likeness (QED) is 0.632. The molecule has 0 aliphatic carbocycles. The van der Waals surface area contributed by atoms with Gasteiger partial charge in [-0.25, -0.2) is 9.98 Å². The molecule has 1 atom stereocenters. The van der Waals surface area contributed by atoms with Crippen LogP contribution in [0, 0.1) is 11.8 Å². The van der Waals surface area contributed by atoms with Gasteiger partial charge in [0.25, 0.3) is 0 Å². The normalized spacial score (nSPS) is 19.4. The van der Waals surface area contributed by atoms with E-state index in [4.69, 9.17) is 4.99 Å². The lowest BCUT2D eigenvalue weighted by molar-refractivity contribution is 0.380. The predicted octanol–water partition coefficient (Wildman–Crippen LogP) is 3.08. The van der Waals surface area contributed by atoms with Crippen LogP contribution in [0.3, 0.4) is 0 Å². The van der Waals surface area contributed by atoms with E-state index in [1.54, 1.807) is 0 Å². The van der Waals surface area contributed by atoms with E-state index < -0.39 is 0 Å². The summed E-state index contributed by atoms with van der Waals surface area (Å²) < 4.78 is 2.22. The van der Waals surface area contributed by atoms with Gasteiger partial charge >= 0.3 is 0 Å². The monoisotopic (exact) mass is 351 g/mol. The number of hydrogen-bond donors (Lipinski definition) is 1. The topological polar surface area (TPSA) is 45.5 Å². The minimum Gasteiger partial charge on any atom is -0.357 e. The molecule has 2 rings (SSSR count). The summed E-state index contributed by atoms with van der Waals surface area (Å²) in [7, 11) is 0. The lowest BCUT2D eigenvalue weighted by Crippen LogP contribution is -2.49. The molecule has 0 aromatic carbocycles. The second-order valence-corrected chi connectivity index (χ2v) is 8.51. The fraction of sp³-hybridized carbons (Fsp3) is 0.778. The zero-order chi connectivity index (χ0) is 17.5. The number of imidazole rings is 1. The zero-order valence-corrected chi connectivity index (χ0v) is 16.6. The lowest BCUT2D eigenvalue weighted by Gasteiger charge is -2.36. The average molecular weight is 352 g/mol. The van der Waals surface area contributed by atoms with Gasteiger partial charge in [0.1, 0.15) is 12.4 Å². The summed E-state index contributed by atoms with van der Waals surface area (Å²) in [6, 6.07) is 0. The van der Waals surface area contributed by atoms with Crippen molar-refractivity contribution in [3.63, 3.8) is 0 Å². The smallest absolute Gasteiger partial charge is 0.194 e. The van der Waals surface area contributed by atoms with E-state index in [1.165, 1.54) is 5.75 Å². The molecule has 1 N–H and O–H groups in total. The molecule has 24 heavy (non-hydrogen) atoms. The fourth-order valence-electron chi connectivity index (χ4n) is 2.89. The Labute approximate surface area is 151 Å². The number of guanidine groups is 1. The maximum Gasteiger partial charge on any atom is 0.194 e. The molecule has 1 aromatic rings. The summed E-state index contributed by atoms with van der Waals surface area (Å²) in [4.78, 5) is 11.8. The highest BCUT2D eigenvalue weighted by Crippen LogP contribution is 2.24. The maximum absolute atomic E-state index is 4.88. The Kier molecular flexibility index (Phi) is 7.46. The highest BCUT2D eigenvalue weighted by Gasteiger charge is 2.24. The standard InChI is InChI=1S/C18H33N5S/c1-6-19-18(23-9-10-24-16(13-23)15(4)5)21-11-17-20-7-8-22(17)12-14(2)3/h7-8,14-16H,6,9-13H2,1-5H3,(H,19,21). The average Bonchev–Trinajstić information content (AvgIpc) is 2.98. The van der Waals surface area contributed by atoms with E-state index in [-0.39, 0.29) is 0 Å². The van der Waals surface area contributed by atoms with Crippen molar-refractivity contribution in [2.45, 2.75) is 53.0 Å². The minimum atomic E-state index is 0.612. The third kappa shape index (κ3) is 5.43. The molecular formula is C18H33N5S. The molecule has 1 aliphatic heterocycles. The maximum atomic E-state index is 4.88. The van der Waals surface area contributed by atoms with Crippen LogP contribution in [-0.4, -0.2) is 51.0 Å². The minimum absolute atomic E-state index is 0.612. The lowest BCUT2D eigenvalue weighted by atomic mass is 10.1. The van der Waals surface area contributed by atoms with Gasteiger partial charge < -0.3 is 14.8 Å². The van der Waals surface area contributed by atoms with E-state index in [2.05, 4.69) is 72.3 Å². The summed E-state index contributed by atoms with van der Waals surface area (Å²) in [6.45, 7) is 15.9. The molecule has 136 valence electrons. The van der Waals surface area contributed by atoms with Crippen LogP contribution >= 0.6 is 11.8 Å². The van der Waals surface area contributed by atoms with Gasteiger partial charge in [0.15, 0.2) is 5.96 Å². The fourth-order valence-corrected chi connectivity index (χ4v) is 4.19. The van der Waals surface area contributed by atoms with Crippen LogP contribution < -0.4 is 5.32 Å². The van der Waals surface area contributed by atoms with Gasteiger partial charge in [0.2, 0.25) is 0 Å². The Hall–Kier alpha value is -1.17. The van der Waals surface area contributed by atoms with Gasteiger partial charge in [-0.2, -0.15) is 11.8 Å². The zero-order valence-electron chi connectivity index (χ0n) is 15.8. The Bertz CT molecular complexity index is 523. The number of aromatic nitrogens is 2. The second kappa shape index (κ2) is 9.35. The molecule has 5 nitrogen and oxygen atoms in total. The van der Waals surface area contributed by atoms with Crippen molar-refractivity contribution in [3.8, 4) is 0 Å². The van der Waals surface area contributed by atoms with Crippen molar-refractivity contribution >= 4 is 17.7 Å². The highest BCUT2D eigenvalue weighted by molar-refractivity contribution is 8.00. The molecule has 6 heteroatoms. The van der Waals surface area contributed by atoms with Crippen LogP contribution in [0.4, 0.5) is 0 Å². The van der Waals surface area contributed by atoms with Crippen LogP contribution in [0.5, 0.6) is 0 Å². The van der Waals surface area contributed by atoms with E-state index in [1.807, 2.05) is 6.20 Å². The number of nitrogens with one attached hydrogen (secondary N) is 1.